The SMILES string of the molecule is CCN(CC)CCCOc1ccc(N=CC2C(=O)Nc3ccccc32)cc1F. The molecule has 1 aliphatic rings. The van der Waals surface area contributed by atoms with Gasteiger partial charge < -0.3 is 15.0 Å². The van der Waals surface area contributed by atoms with E-state index in [9.17, 15) is 9.18 Å². The van der Waals surface area contributed by atoms with Crippen molar-refractivity contribution in [1.82, 2.24) is 4.90 Å². The Morgan fingerprint density at radius 1 is 1.21 bits per heavy atom. The van der Waals surface area contributed by atoms with Gasteiger partial charge in [0.05, 0.1) is 12.3 Å². The fourth-order valence-corrected chi connectivity index (χ4v) is 3.24. The molecule has 2 aromatic carbocycles. The van der Waals surface area contributed by atoms with Crippen LogP contribution in [0.2, 0.25) is 0 Å². The smallest absolute Gasteiger partial charge is 0.237 e. The second-order valence-electron chi connectivity index (χ2n) is 6.68. The summed E-state index contributed by atoms with van der Waals surface area (Å²) in [5.41, 5.74) is 2.12. The minimum atomic E-state index is -0.463. The van der Waals surface area contributed by atoms with Crippen LogP contribution in [0.5, 0.6) is 5.75 Å². The summed E-state index contributed by atoms with van der Waals surface area (Å²) in [7, 11) is 0. The highest BCUT2D eigenvalue weighted by Gasteiger charge is 2.28. The number of benzene rings is 2. The molecular formula is C22H26FN3O2. The van der Waals surface area contributed by atoms with Crippen molar-refractivity contribution in [2.24, 2.45) is 4.99 Å². The molecule has 0 aromatic heterocycles. The molecule has 148 valence electrons. The van der Waals surface area contributed by atoms with Crippen molar-refractivity contribution < 1.29 is 13.9 Å². The molecule has 1 heterocycles. The standard InChI is InChI=1S/C22H26FN3O2/c1-3-26(4-2)12-7-13-28-21-11-10-16(14-19(21)23)24-15-18-17-8-5-6-9-20(17)25-22(18)27/h5-6,8-11,14-15,18H,3-4,7,12-13H2,1-2H3,(H,25,27). The summed E-state index contributed by atoms with van der Waals surface area (Å²) in [6, 6.07) is 12.1. The van der Waals surface area contributed by atoms with Crippen LogP contribution in [0, 0.1) is 5.82 Å². The molecule has 1 unspecified atom stereocenters. The first-order chi connectivity index (χ1) is 13.6. The highest BCUT2D eigenvalue weighted by atomic mass is 19.1. The minimum absolute atomic E-state index is 0.126. The van der Waals surface area contributed by atoms with E-state index in [4.69, 9.17) is 4.74 Å². The summed E-state index contributed by atoms with van der Waals surface area (Å²) in [6.45, 7) is 7.65. The van der Waals surface area contributed by atoms with Crippen LogP contribution in [0.25, 0.3) is 0 Å². The number of aliphatic imine (C=N–C) groups is 1. The molecule has 1 aliphatic heterocycles. The first kappa shape index (κ1) is 20.0. The highest BCUT2D eigenvalue weighted by Crippen LogP contribution is 2.31. The lowest BCUT2D eigenvalue weighted by atomic mass is 10.0. The second-order valence-corrected chi connectivity index (χ2v) is 6.68. The number of nitrogens with zero attached hydrogens (tertiary/aromatic N) is 2. The van der Waals surface area contributed by atoms with Gasteiger partial charge in [0.25, 0.3) is 0 Å². The van der Waals surface area contributed by atoms with E-state index in [0.717, 1.165) is 37.3 Å². The van der Waals surface area contributed by atoms with Crippen molar-refractivity contribution in [1.29, 1.82) is 0 Å². The van der Waals surface area contributed by atoms with Crippen LogP contribution < -0.4 is 10.1 Å². The molecular weight excluding hydrogens is 357 g/mol. The van der Waals surface area contributed by atoms with E-state index in [1.165, 1.54) is 6.07 Å². The minimum Gasteiger partial charge on any atom is -0.490 e. The van der Waals surface area contributed by atoms with Gasteiger partial charge in [0.1, 0.15) is 5.92 Å². The van der Waals surface area contributed by atoms with Crippen LogP contribution in [0.15, 0.2) is 47.5 Å². The third-order valence-corrected chi connectivity index (χ3v) is 4.90. The Labute approximate surface area is 165 Å². The molecule has 0 aliphatic carbocycles. The maximum Gasteiger partial charge on any atom is 0.237 e. The van der Waals surface area contributed by atoms with E-state index in [1.54, 1.807) is 18.3 Å². The molecule has 0 saturated carbocycles. The van der Waals surface area contributed by atoms with Crippen molar-refractivity contribution in [3.8, 4) is 5.75 Å². The zero-order valence-corrected chi connectivity index (χ0v) is 16.3. The normalized spacial score (nSPS) is 15.9. The molecule has 1 amide bonds. The van der Waals surface area contributed by atoms with Gasteiger partial charge in [-0.3, -0.25) is 9.79 Å². The number of carbonyl (C=O) groups excluding carboxylic acids is 1. The Morgan fingerprint density at radius 3 is 2.75 bits per heavy atom. The number of anilines is 1. The summed E-state index contributed by atoms with van der Waals surface area (Å²) in [4.78, 5) is 18.7. The van der Waals surface area contributed by atoms with Gasteiger partial charge in [0, 0.05) is 24.5 Å². The molecule has 0 bridgehead atoms. The average molecular weight is 383 g/mol. The predicted octanol–water partition coefficient (Wildman–Crippen LogP) is 4.37. The van der Waals surface area contributed by atoms with Crippen molar-refractivity contribution in [2.45, 2.75) is 26.2 Å². The lowest BCUT2D eigenvalue weighted by molar-refractivity contribution is -0.115. The number of hydrogen-bond donors (Lipinski definition) is 1. The van der Waals surface area contributed by atoms with Crippen LogP contribution in [0.3, 0.4) is 0 Å². The van der Waals surface area contributed by atoms with Gasteiger partial charge in [-0.25, -0.2) is 4.39 Å². The van der Waals surface area contributed by atoms with Crippen LogP contribution >= 0.6 is 0 Å². The Bertz CT molecular complexity index is 849. The van der Waals surface area contributed by atoms with E-state index in [-0.39, 0.29) is 11.7 Å². The number of halogens is 1. The molecule has 0 radical (unpaired) electrons. The third-order valence-electron chi connectivity index (χ3n) is 4.90. The zero-order valence-electron chi connectivity index (χ0n) is 16.3. The Morgan fingerprint density at radius 2 is 2.00 bits per heavy atom. The number of rotatable bonds is 9. The van der Waals surface area contributed by atoms with E-state index >= 15 is 0 Å². The lowest BCUT2D eigenvalue weighted by Gasteiger charge is -2.17. The second kappa shape index (κ2) is 9.46. The highest BCUT2D eigenvalue weighted by molar-refractivity contribution is 6.12. The van der Waals surface area contributed by atoms with Gasteiger partial charge in [-0.1, -0.05) is 32.0 Å². The van der Waals surface area contributed by atoms with E-state index in [1.807, 2.05) is 24.3 Å². The van der Waals surface area contributed by atoms with Crippen LogP contribution in [-0.2, 0) is 4.79 Å². The Hall–Kier alpha value is -2.73. The largest absolute Gasteiger partial charge is 0.490 e. The summed E-state index contributed by atoms with van der Waals surface area (Å²) >= 11 is 0. The van der Waals surface area contributed by atoms with Gasteiger partial charge in [0.2, 0.25) is 5.91 Å². The van der Waals surface area contributed by atoms with Gasteiger partial charge in [-0.05, 0) is 43.3 Å². The predicted molar refractivity (Wildman–Crippen MR) is 110 cm³/mol. The monoisotopic (exact) mass is 383 g/mol. The molecule has 0 saturated heterocycles. The van der Waals surface area contributed by atoms with Gasteiger partial charge >= 0.3 is 0 Å². The first-order valence-electron chi connectivity index (χ1n) is 9.71. The number of ether oxygens (including phenoxy) is 1. The molecule has 6 heteroatoms. The molecule has 1 N–H and O–H groups in total. The van der Waals surface area contributed by atoms with Crippen molar-refractivity contribution in [3.63, 3.8) is 0 Å². The van der Waals surface area contributed by atoms with Crippen LogP contribution in [0.1, 0.15) is 31.7 Å². The topological polar surface area (TPSA) is 53.9 Å². The summed E-state index contributed by atoms with van der Waals surface area (Å²) in [5, 5.41) is 2.82. The lowest BCUT2D eigenvalue weighted by Crippen LogP contribution is -2.25. The van der Waals surface area contributed by atoms with E-state index in [2.05, 4.69) is 29.1 Å². The number of para-hydroxylation sites is 1. The van der Waals surface area contributed by atoms with Gasteiger partial charge in [0.15, 0.2) is 11.6 Å². The number of amides is 1. The van der Waals surface area contributed by atoms with Crippen molar-refractivity contribution in [2.75, 3.05) is 31.6 Å². The summed E-state index contributed by atoms with van der Waals surface area (Å²) in [6.07, 6.45) is 2.40. The van der Waals surface area contributed by atoms with Crippen LogP contribution in [-0.4, -0.2) is 43.3 Å². The maximum atomic E-state index is 14.3. The zero-order chi connectivity index (χ0) is 19.9. The quantitative estimate of drug-likeness (QED) is 0.517. The van der Waals surface area contributed by atoms with E-state index in [0.29, 0.717) is 12.3 Å². The summed E-state index contributed by atoms with van der Waals surface area (Å²) in [5.74, 6) is -0.815. The number of fused-ring (bicyclic) bond motifs is 1. The van der Waals surface area contributed by atoms with Gasteiger partial charge in [-0.2, -0.15) is 0 Å². The average Bonchev–Trinajstić information content (AvgIpc) is 3.02. The first-order valence-corrected chi connectivity index (χ1v) is 9.71. The number of nitrogens with one attached hydrogen (secondary N) is 1. The molecule has 0 fully saturated rings. The third kappa shape index (κ3) is 4.75. The van der Waals surface area contributed by atoms with Crippen LogP contribution in [0.4, 0.5) is 15.8 Å². The Kier molecular flexibility index (Phi) is 6.76. The van der Waals surface area contributed by atoms with Crippen molar-refractivity contribution in [3.05, 3.63) is 53.8 Å². The molecule has 0 spiro atoms. The maximum absolute atomic E-state index is 14.3. The van der Waals surface area contributed by atoms with E-state index < -0.39 is 11.7 Å². The Balaban J connectivity index is 1.58. The molecule has 28 heavy (non-hydrogen) atoms. The van der Waals surface area contributed by atoms with Gasteiger partial charge in [-0.15, -0.1) is 0 Å². The number of hydrogen-bond acceptors (Lipinski definition) is 4. The number of carbonyl (C=O) groups is 1. The molecule has 2 aromatic rings. The molecule has 5 nitrogen and oxygen atoms in total. The fourth-order valence-electron chi connectivity index (χ4n) is 3.24. The fraction of sp³-hybridized carbons (Fsp3) is 0.364. The summed E-state index contributed by atoms with van der Waals surface area (Å²) < 4.78 is 19.9. The van der Waals surface area contributed by atoms with Crippen molar-refractivity contribution >= 4 is 23.5 Å². The molecule has 3 rings (SSSR count). The molecule has 1 atom stereocenters.